The predicted octanol–water partition coefficient (Wildman–Crippen LogP) is 2.22. The van der Waals surface area contributed by atoms with Gasteiger partial charge in [0.25, 0.3) is 0 Å². The van der Waals surface area contributed by atoms with Gasteiger partial charge in [-0.15, -0.1) is 0 Å². The zero-order chi connectivity index (χ0) is 21.1. The molecule has 0 aliphatic carbocycles. The molecule has 8 nitrogen and oxygen atoms in total. The second-order valence-electron chi connectivity index (χ2n) is 8.28. The van der Waals surface area contributed by atoms with Gasteiger partial charge in [-0.1, -0.05) is 29.4 Å². The Morgan fingerprint density at radius 2 is 2.00 bits per heavy atom. The number of carbonyl (C=O) groups excluding carboxylic acids is 2. The quantitative estimate of drug-likeness (QED) is 0.748. The van der Waals surface area contributed by atoms with Gasteiger partial charge in [-0.3, -0.25) is 9.59 Å². The maximum absolute atomic E-state index is 12.6. The van der Waals surface area contributed by atoms with E-state index in [1.165, 1.54) is 0 Å². The molecule has 0 atom stereocenters. The van der Waals surface area contributed by atoms with Gasteiger partial charge in [0.1, 0.15) is 6.61 Å². The van der Waals surface area contributed by atoms with Gasteiger partial charge in [0, 0.05) is 45.1 Å². The van der Waals surface area contributed by atoms with Gasteiger partial charge in [-0.25, -0.2) is 0 Å². The Morgan fingerprint density at radius 3 is 2.73 bits per heavy atom. The minimum Gasteiger partial charge on any atom is -0.363 e. The van der Waals surface area contributed by atoms with Crippen LogP contribution < -0.4 is 0 Å². The topological polar surface area (TPSA) is 88.8 Å². The normalized spacial score (nSPS) is 18.8. The van der Waals surface area contributed by atoms with E-state index in [1.54, 1.807) is 4.90 Å². The second-order valence-corrected chi connectivity index (χ2v) is 8.28. The molecule has 3 heterocycles. The average Bonchev–Trinajstić information content (AvgIpc) is 3.20. The van der Waals surface area contributed by atoms with Crippen LogP contribution in [0.3, 0.4) is 0 Å². The van der Waals surface area contributed by atoms with Crippen molar-refractivity contribution in [3.05, 3.63) is 35.7 Å². The molecular formula is C22H28N4O4. The first-order valence-corrected chi connectivity index (χ1v) is 10.5. The number of likely N-dealkylation sites (tertiary alicyclic amines) is 1. The fraction of sp³-hybridized carbons (Fsp3) is 0.545. The van der Waals surface area contributed by atoms with Gasteiger partial charge >= 0.3 is 0 Å². The third kappa shape index (κ3) is 4.38. The Kier molecular flexibility index (Phi) is 5.85. The number of hydrogen-bond donors (Lipinski definition) is 0. The lowest BCUT2D eigenvalue weighted by Crippen LogP contribution is -2.58. The number of aromatic nitrogens is 2. The zero-order valence-electron chi connectivity index (χ0n) is 17.6. The number of likely N-dealkylation sites (N-methyl/N-ethyl adjacent to an activating group) is 1. The number of benzene rings is 1. The molecule has 2 aliphatic heterocycles. The molecule has 1 aromatic carbocycles. The summed E-state index contributed by atoms with van der Waals surface area (Å²) in [5.41, 5.74) is 1.76. The average molecular weight is 412 g/mol. The van der Waals surface area contributed by atoms with E-state index < -0.39 is 0 Å². The van der Waals surface area contributed by atoms with Crippen molar-refractivity contribution >= 4 is 11.8 Å². The fourth-order valence-electron chi connectivity index (χ4n) is 4.20. The number of morpholine rings is 1. The van der Waals surface area contributed by atoms with Crippen LogP contribution in [0.1, 0.15) is 37.1 Å². The molecule has 1 spiro atoms. The molecule has 0 saturated carbocycles. The molecular weight excluding hydrogens is 384 g/mol. The molecule has 0 bridgehead atoms. The van der Waals surface area contributed by atoms with Gasteiger partial charge in [-0.05, 0) is 31.7 Å². The lowest BCUT2D eigenvalue weighted by molar-refractivity contribution is -0.170. The summed E-state index contributed by atoms with van der Waals surface area (Å²) < 4.78 is 11.2. The molecule has 2 amide bonds. The summed E-state index contributed by atoms with van der Waals surface area (Å²) in [4.78, 5) is 32.3. The summed E-state index contributed by atoms with van der Waals surface area (Å²) in [5, 5.41) is 4.07. The summed E-state index contributed by atoms with van der Waals surface area (Å²) in [7, 11) is 1.81. The second kappa shape index (κ2) is 8.55. The number of amides is 2. The van der Waals surface area contributed by atoms with Crippen molar-refractivity contribution in [1.29, 1.82) is 0 Å². The van der Waals surface area contributed by atoms with Gasteiger partial charge in [0.2, 0.25) is 23.5 Å². The van der Waals surface area contributed by atoms with Crippen LogP contribution in [-0.4, -0.2) is 70.6 Å². The maximum atomic E-state index is 12.6. The first kappa shape index (κ1) is 20.5. The molecule has 0 N–H and O–H groups in total. The molecule has 4 rings (SSSR count). The number of ether oxygens (including phenoxy) is 1. The number of carbonyl (C=O) groups is 2. The number of piperidine rings is 1. The van der Waals surface area contributed by atoms with E-state index in [1.807, 2.05) is 43.1 Å². The highest BCUT2D eigenvalue weighted by atomic mass is 16.5. The molecule has 0 unspecified atom stereocenters. The van der Waals surface area contributed by atoms with Crippen LogP contribution in [0, 0.1) is 6.92 Å². The van der Waals surface area contributed by atoms with E-state index in [0.29, 0.717) is 50.6 Å². The Labute approximate surface area is 176 Å². The summed E-state index contributed by atoms with van der Waals surface area (Å²) in [6, 6.07) is 7.92. The SMILES string of the molecule is Cc1ccccc1-c1noc(CCCC(=O)N2CCC3(CC2)CN(C)C(=O)CO3)n1. The molecule has 2 fully saturated rings. The Bertz CT molecular complexity index is 917. The van der Waals surface area contributed by atoms with Crippen molar-refractivity contribution in [2.24, 2.45) is 0 Å². The van der Waals surface area contributed by atoms with Crippen molar-refractivity contribution in [3.8, 4) is 11.4 Å². The lowest BCUT2D eigenvalue weighted by atomic mass is 9.89. The third-order valence-electron chi connectivity index (χ3n) is 6.12. The Morgan fingerprint density at radius 1 is 1.23 bits per heavy atom. The van der Waals surface area contributed by atoms with Crippen molar-refractivity contribution < 1.29 is 18.8 Å². The van der Waals surface area contributed by atoms with Gasteiger partial charge in [0.15, 0.2) is 0 Å². The Balaban J connectivity index is 1.23. The fourth-order valence-corrected chi connectivity index (χ4v) is 4.20. The number of aryl methyl sites for hydroxylation is 2. The molecule has 2 aliphatic rings. The molecule has 30 heavy (non-hydrogen) atoms. The molecule has 2 saturated heterocycles. The van der Waals surface area contributed by atoms with Gasteiger partial charge < -0.3 is 19.1 Å². The Hall–Kier alpha value is -2.74. The number of nitrogens with zero attached hydrogens (tertiary/aromatic N) is 4. The van der Waals surface area contributed by atoms with Gasteiger partial charge in [-0.2, -0.15) is 4.98 Å². The van der Waals surface area contributed by atoms with Crippen LogP contribution in [0.15, 0.2) is 28.8 Å². The number of rotatable bonds is 5. The first-order valence-electron chi connectivity index (χ1n) is 10.5. The van der Waals surface area contributed by atoms with E-state index in [-0.39, 0.29) is 24.0 Å². The standard InChI is InChI=1S/C22H28N4O4/c1-16-6-3-4-7-17(16)21-23-18(30-24-21)8-5-9-19(27)26-12-10-22(11-13-26)15-25(2)20(28)14-29-22/h3-4,6-7H,5,8-15H2,1-2H3. The maximum Gasteiger partial charge on any atom is 0.248 e. The third-order valence-corrected chi connectivity index (χ3v) is 6.12. The monoisotopic (exact) mass is 412 g/mol. The zero-order valence-corrected chi connectivity index (χ0v) is 17.6. The largest absolute Gasteiger partial charge is 0.363 e. The van der Waals surface area contributed by atoms with E-state index in [2.05, 4.69) is 10.1 Å². The van der Waals surface area contributed by atoms with Gasteiger partial charge in [0.05, 0.1) is 5.60 Å². The van der Waals surface area contributed by atoms with E-state index in [4.69, 9.17) is 9.26 Å². The molecule has 160 valence electrons. The van der Waals surface area contributed by atoms with E-state index in [9.17, 15) is 9.59 Å². The highest BCUT2D eigenvalue weighted by Gasteiger charge is 2.41. The highest BCUT2D eigenvalue weighted by Crippen LogP contribution is 2.30. The highest BCUT2D eigenvalue weighted by molar-refractivity contribution is 5.78. The van der Waals surface area contributed by atoms with Crippen LogP contribution in [0.5, 0.6) is 0 Å². The van der Waals surface area contributed by atoms with Crippen LogP contribution in [0.25, 0.3) is 11.4 Å². The summed E-state index contributed by atoms with van der Waals surface area (Å²) in [6.45, 7) is 4.09. The van der Waals surface area contributed by atoms with Crippen molar-refractivity contribution in [2.45, 2.75) is 44.6 Å². The summed E-state index contributed by atoms with van der Waals surface area (Å²) >= 11 is 0. The van der Waals surface area contributed by atoms with Crippen molar-refractivity contribution in [2.75, 3.05) is 33.3 Å². The molecule has 8 heteroatoms. The van der Waals surface area contributed by atoms with Crippen molar-refractivity contribution in [3.63, 3.8) is 0 Å². The minimum atomic E-state index is -0.296. The molecule has 0 radical (unpaired) electrons. The van der Waals surface area contributed by atoms with Crippen LogP contribution >= 0.6 is 0 Å². The minimum absolute atomic E-state index is 0.0192. The molecule has 1 aromatic heterocycles. The van der Waals surface area contributed by atoms with Crippen LogP contribution in [0.2, 0.25) is 0 Å². The summed E-state index contributed by atoms with van der Waals surface area (Å²) in [6.07, 6.45) is 3.23. The van der Waals surface area contributed by atoms with Crippen LogP contribution in [-0.2, 0) is 20.7 Å². The molecule has 2 aromatic rings. The smallest absolute Gasteiger partial charge is 0.248 e. The van der Waals surface area contributed by atoms with E-state index >= 15 is 0 Å². The number of hydrogen-bond acceptors (Lipinski definition) is 6. The van der Waals surface area contributed by atoms with E-state index in [0.717, 1.165) is 24.0 Å². The predicted molar refractivity (Wildman–Crippen MR) is 110 cm³/mol. The van der Waals surface area contributed by atoms with Crippen molar-refractivity contribution in [1.82, 2.24) is 19.9 Å². The first-order chi connectivity index (χ1) is 14.5. The lowest BCUT2D eigenvalue weighted by Gasteiger charge is -2.46. The van der Waals surface area contributed by atoms with Crippen LogP contribution in [0.4, 0.5) is 0 Å². The summed E-state index contributed by atoms with van der Waals surface area (Å²) in [5.74, 6) is 1.31.